The topological polar surface area (TPSA) is 60.5 Å². The Bertz CT molecular complexity index is 754. The molecule has 1 aromatic heterocycles. The number of carbonyl (C=O) groups excluding carboxylic acids is 1. The summed E-state index contributed by atoms with van der Waals surface area (Å²) in [6.45, 7) is 5.28. The van der Waals surface area contributed by atoms with E-state index in [4.69, 9.17) is 9.47 Å². The standard InChI is InChI=1S/C21H28N2O3/c1-3-5-15-25-18-11-10-17(16-9-8-14-22-19(16)18)23-20(24)21(26-4-2)12-6-7-13-21/h8-11,14H,3-7,12-13,15H2,1-2H3,(H,23,24). The van der Waals surface area contributed by atoms with Gasteiger partial charge in [0, 0.05) is 18.2 Å². The molecule has 1 heterocycles. The van der Waals surface area contributed by atoms with Crippen LogP contribution in [0.25, 0.3) is 10.9 Å². The number of carbonyl (C=O) groups is 1. The second-order valence-electron chi connectivity index (χ2n) is 6.80. The average Bonchev–Trinajstić information content (AvgIpc) is 3.14. The van der Waals surface area contributed by atoms with E-state index >= 15 is 0 Å². The first kappa shape index (κ1) is 18.6. The maximum absolute atomic E-state index is 13.0. The zero-order chi connectivity index (χ0) is 18.4. The molecule has 0 atom stereocenters. The highest BCUT2D eigenvalue weighted by molar-refractivity contribution is 6.05. The fourth-order valence-electron chi connectivity index (χ4n) is 3.59. The van der Waals surface area contributed by atoms with Crippen LogP contribution in [0, 0.1) is 0 Å². The number of hydrogen-bond donors (Lipinski definition) is 1. The van der Waals surface area contributed by atoms with E-state index in [1.165, 1.54) is 0 Å². The second kappa shape index (κ2) is 8.49. The number of hydrogen-bond acceptors (Lipinski definition) is 4. The highest BCUT2D eigenvalue weighted by atomic mass is 16.5. The van der Waals surface area contributed by atoms with E-state index in [-0.39, 0.29) is 5.91 Å². The molecule has 5 heteroatoms. The van der Waals surface area contributed by atoms with Gasteiger partial charge in [0.1, 0.15) is 16.9 Å². The van der Waals surface area contributed by atoms with Crippen LogP contribution in [0.3, 0.4) is 0 Å². The summed E-state index contributed by atoms with van der Waals surface area (Å²) >= 11 is 0. The number of benzene rings is 1. The molecule has 0 bridgehead atoms. The number of rotatable bonds is 8. The van der Waals surface area contributed by atoms with Gasteiger partial charge in [0.15, 0.2) is 0 Å². The molecule has 0 unspecified atom stereocenters. The van der Waals surface area contributed by atoms with Crippen LogP contribution in [0.15, 0.2) is 30.5 Å². The summed E-state index contributed by atoms with van der Waals surface area (Å²) in [5.74, 6) is 0.703. The lowest BCUT2D eigenvalue weighted by molar-refractivity contribution is -0.140. The van der Waals surface area contributed by atoms with Crippen LogP contribution in [0.2, 0.25) is 0 Å². The molecule has 1 aliphatic rings. The Labute approximate surface area is 155 Å². The number of nitrogens with one attached hydrogen (secondary N) is 1. The van der Waals surface area contributed by atoms with Gasteiger partial charge in [-0.3, -0.25) is 9.78 Å². The number of pyridine rings is 1. The fraction of sp³-hybridized carbons (Fsp3) is 0.524. The summed E-state index contributed by atoms with van der Waals surface area (Å²) < 4.78 is 11.8. The van der Waals surface area contributed by atoms with Crippen LogP contribution in [0.1, 0.15) is 52.4 Å². The van der Waals surface area contributed by atoms with Gasteiger partial charge in [0.2, 0.25) is 0 Å². The molecule has 5 nitrogen and oxygen atoms in total. The first-order valence-corrected chi connectivity index (χ1v) is 9.66. The van der Waals surface area contributed by atoms with E-state index in [0.29, 0.717) is 13.2 Å². The van der Waals surface area contributed by atoms with Crippen molar-refractivity contribution in [1.82, 2.24) is 4.98 Å². The molecule has 0 radical (unpaired) electrons. The zero-order valence-electron chi connectivity index (χ0n) is 15.7. The Hall–Kier alpha value is -2.14. The largest absolute Gasteiger partial charge is 0.491 e. The van der Waals surface area contributed by atoms with Crippen molar-refractivity contribution < 1.29 is 14.3 Å². The smallest absolute Gasteiger partial charge is 0.256 e. The Balaban J connectivity index is 1.86. The van der Waals surface area contributed by atoms with Crippen molar-refractivity contribution >= 4 is 22.5 Å². The molecule has 1 aliphatic carbocycles. The number of anilines is 1. The molecule has 2 aromatic rings. The molecule has 1 fully saturated rings. The van der Waals surface area contributed by atoms with Crippen LogP contribution in [-0.2, 0) is 9.53 Å². The number of aromatic nitrogens is 1. The van der Waals surface area contributed by atoms with Crippen molar-refractivity contribution in [3.63, 3.8) is 0 Å². The summed E-state index contributed by atoms with van der Waals surface area (Å²) in [4.78, 5) is 17.4. The monoisotopic (exact) mass is 356 g/mol. The molecule has 0 spiro atoms. The van der Waals surface area contributed by atoms with Crippen LogP contribution in [0.5, 0.6) is 5.75 Å². The predicted molar refractivity (Wildman–Crippen MR) is 104 cm³/mol. The minimum atomic E-state index is -0.695. The van der Waals surface area contributed by atoms with Crippen molar-refractivity contribution in [2.45, 2.75) is 58.0 Å². The Morgan fingerprint density at radius 3 is 2.77 bits per heavy atom. The van der Waals surface area contributed by atoms with Gasteiger partial charge in [-0.1, -0.05) is 13.3 Å². The number of ether oxygens (including phenoxy) is 2. The third-order valence-electron chi connectivity index (χ3n) is 4.98. The molecular formula is C21H28N2O3. The lowest BCUT2D eigenvalue weighted by Crippen LogP contribution is -2.43. The van der Waals surface area contributed by atoms with Crippen molar-refractivity contribution in [2.24, 2.45) is 0 Å². The zero-order valence-corrected chi connectivity index (χ0v) is 15.7. The third-order valence-corrected chi connectivity index (χ3v) is 4.98. The highest BCUT2D eigenvalue weighted by Crippen LogP contribution is 2.36. The Morgan fingerprint density at radius 2 is 2.04 bits per heavy atom. The molecule has 1 saturated carbocycles. The van der Waals surface area contributed by atoms with Gasteiger partial charge >= 0.3 is 0 Å². The van der Waals surface area contributed by atoms with Crippen molar-refractivity contribution in [2.75, 3.05) is 18.5 Å². The van der Waals surface area contributed by atoms with Gasteiger partial charge in [-0.25, -0.2) is 0 Å². The van der Waals surface area contributed by atoms with Crippen molar-refractivity contribution in [3.05, 3.63) is 30.5 Å². The number of amides is 1. The molecule has 0 aliphatic heterocycles. The average molecular weight is 356 g/mol. The SMILES string of the molecule is CCCCOc1ccc(NC(=O)C2(OCC)CCCC2)c2cccnc12. The number of unbranched alkanes of at least 4 members (excludes halogenated alkanes) is 1. The van der Waals surface area contributed by atoms with E-state index in [1.54, 1.807) is 6.20 Å². The second-order valence-corrected chi connectivity index (χ2v) is 6.80. The molecule has 3 rings (SSSR count). The Kier molecular flexibility index (Phi) is 6.09. The maximum atomic E-state index is 13.0. The first-order chi connectivity index (χ1) is 12.7. The van der Waals surface area contributed by atoms with Crippen molar-refractivity contribution in [3.8, 4) is 5.75 Å². The molecule has 140 valence electrons. The van der Waals surface area contributed by atoms with E-state index < -0.39 is 5.60 Å². The molecular weight excluding hydrogens is 328 g/mol. The van der Waals surface area contributed by atoms with Crippen LogP contribution < -0.4 is 10.1 Å². The van der Waals surface area contributed by atoms with Crippen LogP contribution >= 0.6 is 0 Å². The number of nitrogens with zero attached hydrogens (tertiary/aromatic N) is 1. The highest BCUT2D eigenvalue weighted by Gasteiger charge is 2.42. The van der Waals surface area contributed by atoms with E-state index in [1.807, 2.05) is 31.2 Å². The van der Waals surface area contributed by atoms with Gasteiger partial charge in [0.25, 0.3) is 5.91 Å². The van der Waals surface area contributed by atoms with E-state index in [2.05, 4.69) is 17.2 Å². The summed E-state index contributed by atoms with van der Waals surface area (Å²) in [7, 11) is 0. The fourth-order valence-corrected chi connectivity index (χ4v) is 3.59. The normalized spacial score (nSPS) is 15.9. The molecule has 1 amide bonds. The van der Waals surface area contributed by atoms with Gasteiger partial charge in [-0.15, -0.1) is 0 Å². The third kappa shape index (κ3) is 3.83. The lowest BCUT2D eigenvalue weighted by Gasteiger charge is -2.27. The summed E-state index contributed by atoms with van der Waals surface area (Å²) in [6.07, 6.45) is 7.45. The minimum absolute atomic E-state index is 0.0540. The molecule has 1 aromatic carbocycles. The van der Waals surface area contributed by atoms with E-state index in [0.717, 1.165) is 60.9 Å². The first-order valence-electron chi connectivity index (χ1n) is 9.66. The molecule has 26 heavy (non-hydrogen) atoms. The summed E-state index contributed by atoms with van der Waals surface area (Å²) in [5, 5.41) is 3.98. The molecule has 0 saturated heterocycles. The van der Waals surface area contributed by atoms with Gasteiger partial charge in [-0.05, 0) is 63.3 Å². The van der Waals surface area contributed by atoms with Gasteiger partial charge in [-0.2, -0.15) is 0 Å². The number of fused-ring (bicyclic) bond motifs is 1. The summed E-state index contributed by atoms with van der Waals surface area (Å²) in [6, 6.07) is 7.63. The Morgan fingerprint density at radius 1 is 1.23 bits per heavy atom. The van der Waals surface area contributed by atoms with Gasteiger partial charge in [0.05, 0.1) is 12.3 Å². The maximum Gasteiger partial charge on any atom is 0.256 e. The minimum Gasteiger partial charge on any atom is -0.491 e. The van der Waals surface area contributed by atoms with Crippen LogP contribution in [0.4, 0.5) is 5.69 Å². The van der Waals surface area contributed by atoms with Crippen molar-refractivity contribution in [1.29, 1.82) is 0 Å². The predicted octanol–water partition coefficient (Wildman–Crippen LogP) is 4.70. The van der Waals surface area contributed by atoms with Crippen LogP contribution in [-0.4, -0.2) is 29.7 Å². The van der Waals surface area contributed by atoms with E-state index in [9.17, 15) is 4.79 Å². The summed E-state index contributed by atoms with van der Waals surface area (Å²) in [5.41, 5.74) is 0.838. The molecule has 1 N–H and O–H groups in total. The lowest BCUT2D eigenvalue weighted by atomic mass is 10.0. The van der Waals surface area contributed by atoms with Gasteiger partial charge < -0.3 is 14.8 Å². The quantitative estimate of drug-likeness (QED) is 0.696.